The smallest absolute Gasteiger partial charge is 0.343 e. The van der Waals surface area contributed by atoms with Crippen LogP contribution in [0.2, 0.25) is 0 Å². The fourth-order valence-corrected chi connectivity index (χ4v) is 4.34. The van der Waals surface area contributed by atoms with Crippen molar-refractivity contribution < 1.29 is 52.4 Å². The number of hydrogen-bond donors (Lipinski definition) is 0. The number of ether oxygens (including phenoxy) is 6. The van der Waals surface area contributed by atoms with Crippen LogP contribution in [0, 0.1) is 6.92 Å². The van der Waals surface area contributed by atoms with E-state index < -0.39 is 23.9 Å². The quantitative estimate of drug-likeness (QED) is 0.0384. The minimum absolute atomic E-state index is 0.229. The van der Waals surface area contributed by atoms with Crippen molar-refractivity contribution >= 4 is 30.3 Å². The van der Waals surface area contributed by atoms with Gasteiger partial charge in [0.25, 0.3) is 6.47 Å². The fraction of sp³-hybridized carbons (Fsp3) is 0.184. The summed E-state index contributed by atoms with van der Waals surface area (Å²) in [6.45, 7) is 6.23. The number of esters is 4. The average molecular weight is 667 g/mol. The first-order chi connectivity index (χ1) is 23.7. The highest BCUT2D eigenvalue weighted by Crippen LogP contribution is 2.26. The van der Waals surface area contributed by atoms with Gasteiger partial charge in [-0.05, 0) is 129 Å². The molecule has 0 heterocycles. The molecule has 0 aliphatic rings. The van der Waals surface area contributed by atoms with E-state index in [-0.39, 0.29) is 28.4 Å². The third kappa shape index (κ3) is 11.2. The van der Waals surface area contributed by atoms with Crippen LogP contribution in [0.15, 0.2) is 104 Å². The summed E-state index contributed by atoms with van der Waals surface area (Å²) in [5.41, 5.74) is 1.37. The van der Waals surface area contributed by atoms with Crippen LogP contribution in [0.5, 0.6) is 28.7 Å². The minimum atomic E-state index is -0.635. The maximum atomic E-state index is 12.7. The molecule has 4 aromatic rings. The van der Waals surface area contributed by atoms with E-state index >= 15 is 0 Å². The second kappa shape index (κ2) is 18.2. The lowest BCUT2D eigenvalue weighted by Gasteiger charge is -2.10. The van der Waals surface area contributed by atoms with Crippen molar-refractivity contribution in [1.82, 2.24) is 0 Å². The lowest BCUT2D eigenvalue weighted by Crippen LogP contribution is -2.11. The number of carbonyl (C=O) groups excluding carboxylic acids is 5. The van der Waals surface area contributed by atoms with Gasteiger partial charge in [0, 0.05) is 6.08 Å². The second-order valence-electron chi connectivity index (χ2n) is 10.5. The summed E-state index contributed by atoms with van der Waals surface area (Å²) in [4.78, 5) is 59.3. The predicted molar refractivity (Wildman–Crippen MR) is 177 cm³/mol. The molecule has 0 saturated carbocycles. The van der Waals surface area contributed by atoms with Crippen molar-refractivity contribution in [3.05, 3.63) is 126 Å². The van der Waals surface area contributed by atoms with E-state index in [0.717, 1.165) is 31.8 Å². The number of rotatable bonds is 17. The molecule has 252 valence electrons. The Morgan fingerprint density at radius 2 is 1.08 bits per heavy atom. The minimum Gasteiger partial charge on any atom is -0.494 e. The number of benzene rings is 4. The molecule has 11 nitrogen and oxygen atoms in total. The van der Waals surface area contributed by atoms with E-state index in [1.165, 1.54) is 60.7 Å². The molecular weight excluding hydrogens is 632 g/mol. The zero-order valence-electron chi connectivity index (χ0n) is 26.8. The highest BCUT2D eigenvalue weighted by Gasteiger charge is 2.15. The predicted octanol–water partition coefficient (Wildman–Crippen LogP) is 6.86. The Kier molecular flexibility index (Phi) is 13.2. The molecule has 0 aromatic heterocycles. The SMILES string of the molecule is C=CC(=O)OCCCCCCOc1ccc(C(=O)Oc2ccc(C(=O)Oc3ccc(OC(=O)c4ccc(OC=O)cc4)c(C)c3)cc2)cc1. The standard InChI is InChI=1S/C38H34O11/c1-3-35(40)45-23-7-5-4-6-22-44-30-14-8-27(9-15-30)36(41)47-32-18-12-28(13-19-32)37(42)48-33-20-21-34(26(2)24-33)49-38(43)29-10-16-31(17-11-29)46-25-39/h3,8-21,24-25H,1,4-7,22-23H2,2H3. The van der Waals surface area contributed by atoms with Crippen LogP contribution in [0.1, 0.15) is 62.3 Å². The summed E-state index contributed by atoms with van der Waals surface area (Å²) >= 11 is 0. The zero-order chi connectivity index (χ0) is 35.0. The lowest BCUT2D eigenvalue weighted by atomic mass is 10.2. The van der Waals surface area contributed by atoms with Crippen LogP contribution in [-0.4, -0.2) is 43.6 Å². The van der Waals surface area contributed by atoms with Crippen LogP contribution < -0.4 is 23.7 Å². The van der Waals surface area contributed by atoms with E-state index in [4.69, 9.17) is 28.4 Å². The van der Waals surface area contributed by atoms with E-state index in [1.54, 1.807) is 37.3 Å². The molecule has 0 amide bonds. The zero-order valence-corrected chi connectivity index (χ0v) is 26.8. The molecule has 0 atom stereocenters. The van der Waals surface area contributed by atoms with Crippen molar-refractivity contribution in [3.8, 4) is 28.7 Å². The monoisotopic (exact) mass is 666 g/mol. The molecule has 0 saturated heterocycles. The molecule has 0 N–H and O–H groups in total. The van der Waals surface area contributed by atoms with Gasteiger partial charge in [0.15, 0.2) is 0 Å². The third-order valence-electron chi connectivity index (χ3n) is 6.94. The molecule has 0 radical (unpaired) electrons. The first-order valence-electron chi connectivity index (χ1n) is 15.4. The molecule has 0 aliphatic carbocycles. The van der Waals surface area contributed by atoms with Gasteiger partial charge < -0.3 is 28.4 Å². The number of unbranched alkanes of at least 4 members (excludes halogenated alkanes) is 3. The van der Waals surface area contributed by atoms with Crippen molar-refractivity contribution in [2.75, 3.05) is 13.2 Å². The van der Waals surface area contributed by atoms with Gasteiger partial charge in [0.2, 0.25) is 0 Å². The van der Waals surface area contributed by atoms with Crippen LogP contribution in [-0.2, 0) is 14.3 Å². The summed E-state index contributed by atoms with van der Waals surface area (Å²) in [5.74, 6) is -0.553. The highest BCUT2D eigenvalue weighted by molar-refractivity contribution is 5.93. The normalized spacial score (nSPS) is 10.3. The van der Waals surface area contributed by atoms with Gasteiger partial charge in [-0.1, -0.05) is 6.58 Å². The Morgan fingerprint density at radius 3 is 1.63 bits per heavy atom. The molecule has 11 heteroatoms. The summed E-state index contributed by atoms with van der Waals surface area (Å²) in [5, 5.41) is 0. The summed E-state index contributed by atoms with van der Waals surface area (Å²) in [7, 11) is 0. The number of aryl methyl sites for hydroxylation is 1. The summed E-state index contributed by atoms with van der Waals surface area (Å²) in [6.07, 6.45) is 4.60. The third-order valence-corrected chi connectivity index (χ3v) is 6.94. The molecule has 0 aliphatic heterocycles. The number of hydrogen-bond acceptors (Lipinski definition) is 11. The largest absolute Gasteiger partial charge is 0.494 e. The molecule has 4 aromatic carbocycles. The van der Waals surface area contributed by atoms with Gasteiger partial charge in [-0.3, -0.25) is 4.79 Å². The van der Waals surface area contributed by atoms with Gasteiger partial charge >= 0.3 is 23.9 Å². The van der Waals surface area contributed by atoms with Gasteiger partial charge in [-0.2, -0.15) is 0 Å². The molecule has 0 spiro atoms. The van der Waals surface area contributed by atoms with Gasteiger partial charge in [-0.15, -0.1) is 0 Å². The summed E-state index contributed by atoms with van der Waals surface area (Å²) < 4.78 is 31.7. The first kappa shape index (κ1) is 35.6. The molecule has 4 rings (SSSR count). The van der Waals surface area contributed by atoms with Crippen molar-refractivity contribution in [1.29, 1.82) is 0 Å². The maximum absolute atomic E-state index is 12.7. The Bertz CT molecular complexity index is 1760. The van der Waals surface area contributed by atoms with E-state index in [2.05, 4.69) is 6.58 Å². The topological polar surface area (TPSA) is 141 Å². The maximum Gasteiger partial charge on any atom is 0.343 e. The summed E-state index contributed by atoms with van der Waals surface area (Å²) in [6, 6.07) is 23.0. The van der Waals surface area contributed by atoms with Crippen LogP contribution in [0.25, 0.3) is 0 Å². The molecule has 0 fully saturated rings. The Morgan fingerprint density at radius 1 is 0.592 bits per heavy atom. The lowest BCUT2D eigenvalue weighted by molar-refractivity contribution is -0.137. The van der Waals surface area contributed by atoms with E-state index in [9.17, 15) is 24.0 Å². The van der Waals surface area contributed by atoms with Crippen molar-refractivity contribution in [2.24, 2.45) is 0 Å². The molecule has 0 unspecified atom stereocenters. The molecule has 0 bridgehead atoms. The van der Waals surface area contributed by atoms with Crippen molar-refractivity contribution in [3.63, 3.8) is 0 Å². The first-order valence-corrected chi connectivity index (χ1v) is 15.4. The van der Waals surface area contributed by atoms with Gasteiger partial charge in [0.05, 0.1) is 29.9 Å². The Balaban J connectivity index is 1.20. The van der Waals surface area contributed by atoms with Gasteiger partial charge in [-0.25, -0.2) is 19.2 Å². The van der Waals surface area contributed by atoms with Crippen LogP contribution in [0.3, 0.4) is 0 Å². The Labute approximate surface area is 283 Å². The average Bonchev–Trinajstić information content (AvgIpc) is 3.11. The molecule has 49 heavy (non-hydrogen) atoms. The second-order valence-corrected chi connectivity index (χ2v) is 10.5. The Hall–Kier alpha value is -6.23. The highest BCUT2D eigenvalue weighted by atomic mass is 16.5. The van der Waals surface area contributed by atoms with E-state index in [1.807, 2.05) is 0 Å². The fourth-order valence-electron chi connectivity index (χ4n) is 4.34. The van der Waals surface area contributed by atoms with Gasteiger partial charge in [0.1, 0.15) is 28.7 Å². The van der Waals surface area contributed by atoms with E-state index in [0.29, 0.717) is 42.3 Å². The number of carbonyl (C=O) groups is 5. The molecular formula is C38H34O11. The van der Waals surface area contributed by atoms with Crippen LogP contribution >= 0.6 is 0 Å². The van der Waals surface area contributed by atoms with Crippen LogP contribution in [0.4, 0.5) is 0 Å². The van der Waals surface area contributed by atoms with Crippen molar-refractivity contribution in [2.45, 2.75) is 32.6 Å².